The molecule has 22 heavy (non-hydrogen) atoms. The van der Waals surface area contributed by atoms with E-state index in [1.807, 2.05) is 36.4 Å². The normalized spacial score (nSPS) is 22.8. The number of benzene rings is 2. The minimum absolute atomic E-state index is 0.155. The number of anilines is 1. The lowest BCUT2D eigenvalue weighted by Crippen LogP contribution is -2.28. The Labute approximate surface area is 128 Å². The first kappa shape index (κ1) is 13.1. The Kier molecular flexibility index (Phi) is 2.96. The third-order valence-electron chi connectivity index (χ3n) is 4.19. The molecule has 2 aliphatic heterocycles. The topological polar surface area (TPSA) is 50.7 Å². The number of cyclic esters (lactones) is 1. The number of aliphatic imine (C=N–C) groups is 1. The van der Waals surface area contributed by atoms with Crippen LogP contribution in [0.15, 0.2) is 53.5 Å². The lowest BCUT2D eigenvalue weighted by Gasteiger charge is -2.23. The number of nitrogens with zero attached hydrogens (tertiary/aromatic N) is 1. The van der Waals surface area contributed by atoms with Gasteiger partial charge in [-0.1, -0.05) is 42.0 Å². The van der Waals surface area contributed by atoms with Crippen LogP contribution in [0.4, 0.5) is 11.4 Å². The van der Waals surface area contributed by atoms with Crippen molar-refractivity contribution >= 4 is 23.1 Å². The van der Waals surface area contributed by atoms with Crippen molar-refractivity contribution in [3.05, 3.63) is 59.7 Å². The molecule has 1 N–H and O–H groups in total. The van der Waals surface area contributed by atoms with E-state index in [1.54, 1.807) is 0 Å². The highest BCUT2D eigenvalue weighted by Gasteiger charge is 2.42. The fourth-order valence-corrected chi connectivity index (χ4v) is 3.13. The summed E-state index contributed by atoms with van der Waals surface area (Å²) in [5.74, 6) is -0.570. The highest BCUT2D eigenvalue weighted by molar-refractivity contribution is 6.10. The molecule has 2 unspecified atom stereocenters. The summed E-state index contributed by atoms with van der Waals surface area (Å²) in [5, 5.41) is 3.49. The Morgan fingerprint density at radius 3 is 2.91 bits per heavy atom. The largest absolute Gasteiger partial charge is 0.459 e. The highest BCUT2D eigenvalue weighted by Crippen LogP contribution is 2.39. The van der Waals surface area contributed by atoms with E-state index in [4.69, 9.17) is 4.74 Å². The molecule has 0 aromatic heterocycles. The van der Waals surface area contributed by atoms with Gasteiger partial charge in [-0.05, 0) is 24.6 Å². The predicted octanol–water partition coefficient (Wildman–Crippen LogP) is 3.41. The van der Waals surface area contributed by atoms with Crippen LogP contribution in [0.5, 0.6) is 0 Å². The van der Waals surface area contributed by atoms with E-state index >= 15 is 0 Å². The van der Waals surface area contributed by atoms with Crippen molar-refractivity contribution in [2.45, 2.75) is 13.0 Å². The summed E-state index contributed by atoms with van der Waals surface area (Å²) >= 11 is 0. The van der Waals surface area contributed by atoms with Gasteiger partial charge in [-0.3, -0.25) is 9.79 Å². The Balaban J connectivity index is 1.87. The first-order valence-electron chi connectivity index (χ1n) is 7.38. The van der Waals surface area contributed by atoms with Crippen LogP contribution in [-0.2, 0) is 9.53 Å². The van der Waals surface area contributed by atoms with Gasteiger partial charge in [-0.15, -0.1) is 0 Å². The monoisotopic (exact) mass is 292 g/mol. The minimum atomic E-state index is -0.366. The average Bonchev–Trinajstić information content (AvgIpc) is 2.79. The van der Waals surface area contributed by atoms with Gasteiger partial charge < -0.3 is 10.1 Å². The summed E-state index contributed by atoms with van der Waals surface area (Å²) in [6, 6.07) is 15.9. The second kappa shape index (κ2) is 4.98. The number of carbonyl (C=O) groups is 1. The smallest absolute Gasteiger partial charge is 0.317 e. The number of fused-ring (bicyclic) bond motifs is 2. The van der Waals surface area contributed by atoms with E-state index in [9.17, 15) is 4.79 Å². The van der Waals surface area contributed by atoms with Crippen LogP contribution >= 0.6 is 0 Å². The molecule has 4 rings (SSSR count). The number of esters is 1. The molecular weight excluding hydrogens is 276 g/mol. The van der Waals surface area contributed by atoms with Gasteiger partial charge in [0.15, 0.2) is 0 Å². The van der Waals surface area contributed by atoms with Crippen LogP contribution in [0, 0.1) is 12.8 Å². The lowest BCUT2D eigenvalue weighted by atomic mass is 9.90. The summed E-state index contributed by atoms with van der Waals surface area (Å²) in [6.07, 6.45) is 0. The molecule has 0 bridgehead atoms. The maximum absolute atomic E-state index is 12.2. The number of hydrogen-bond donors (Lipinski definition) is 1. The molecule has 2 aliphatic rings. The van der Waals surface area contributed by atoms with Crippen molar-refractivity contribution in [2.24, 2.45) is 10.9 Å². The van der Waals surface area contributed by atoms with Gasteiger partial charge in [0, 0.05) is 0 Å². The zero-order chi connectivity index (χ0) is 15.1. The molecule has 0 spiro atoms. The summed E-state index contributed by atoms with van der Waals surface area (Å²) in [4.78, 5) is 16.9. The number of aryl methyl sites for hydroxylation is 1. The fraction of sp³-hybridized carbons (Fsp3) is 0.222. The predicted molar refractivity (Wildman–Crippen MR) is 85.5 cm³/mol. The number of rotatable bonds is 1. The first-order valence-corrected chi connectivity index (χ1v) is 7.38. The van der Waals surface area contributed by atoms with E-state index in [1.165, 1.54) is 5.56 Å². The SMILES string of the molecule is Cc1cccc(C2Nc3ccccc3N=C3COC(=O)C32)c1. The quantitative estimate of drug-likeness (QED) is 0.819. The number of carbonyl (C=O) groups excluding carboxylic acids is 1. The summed E-state index contributed by atoms with van der Waals surface area (Å²) in [6.45, 7) is 2.33. The van der Waals surface area contributed by atoms with Crippen molar-refractivity contribution in [1.29, 1.82) is 0 Å². The second-order valence-corrected chi connectivity index (χ2v) is 5.74. The van der Waals surface area contributed by atoms with Crippen LogP contribution in [0.3, 0.4) is 0 Å². The first-order chi connectivity index (χ1) is 10.7. The van der Waals surface area contributed by atoms with Crippen molar-refractivity contribution < 1.29 is 9.53 Å². The van der Waals surface area contributed by atoms with Gasteiger partial charge in [0.1, 0.15) is 12.5 Å². The molecule has 0 aliphatic carbocycles. The third-order valence-corrected chi connectivity index (χ3v) is 4.19. The highest BCUT2D eigenvalue weighted by atomic mass is 16.5. The summed E-state index contributed by atoms with van der Waals surface area (Å²) in [5.41, 5.74) is 4.85. The van der Waals surface area contributed by atoms with Crippen LogP contribution in [0.25, 0.3) is 0 Å². The molecule has 110 valence electrons. The van der Waals surface area contributed by atoms with Crippen LogP contribution < -0.4 is 5.32 Å². The molecule has 1 fully saturated rings. The summed E-state index contributed by atoms with van der Waals surface area (Å²) < 4.78 is 5.24. The second-order valence-electron chi connectivity index (χ2n) is 5.74. The van der Waals surface area contributed by atoms with Gasteiger partial charge in [-0.25, -0.2) is 0 Å². The Hall–Kier alpha value is -2.62. The minimum Gasteiger partial charge on any atom is -0.459 e. The average molecular weight is 292 g/mol. The van der Waals surface area contributed by atoms with Gasteiger partial charge in [0.05, 0.1) is 23.1 Å². The van der Waals surface area contributed by atoms with E-state index in [2.05, 4.69) is 29.4 Å². The number of nitrogens with one attached hydrogen (secondary N) is 1. The standard InChI is InChI=1S/C18H16N2O2/c1-11-5-4-6-12(9-11)17-16-15(10-22-18(16)21)19-13-7-2-3-8-14(13)20-17/h2-9,16-17,20H,10H2,1H3. The molecular formula is C18H16N2O2. The summed E-state index contributed by atoms with van der Waals surface area (Å²) in [7, 11) is 0. The van der Waals surface area contributed by atoms with Crippen molar-refractivity contribution in [2.75, 3.05) is 11.9 Å². The lowest BCUT2D eigenvalue weighted by molar-refractivity contribution is -0.141. The fourth-order valence-electron chi connectivity index (χ4n) is 3.13. The van der Waals surface area contributed by atoms with Crippen LogP contribution in [-0.4, -0.2) is 18.3 Å². The van der Waals surface area contributed by atoms with Crippen LogP contribution in [0.2, 0.25) is 0 Å². The molecule has 0 amide bonds. The Bertz CT molecular complexity index is 782. The molecule has 1 saturated heterocycles. The van der Waals surface area contributed by atoms with Crippen molar-refractivity contribution in [3.8, 4) is 0 Å². The maximum Gasteiger partial charge on any atom is 0.317 e. The van der Waals surface area contributed by atoms with Gasteiger partial charge in [0.2, 0.25) is 0 Å². The molecule has 0 radical (unpaired) electrons. The van der Waals surface area contributed by atoms with E-state index in [0.717, 1.165) is 22.6 Å². The third kappa shape index (κ3) is 2.08. The van der Waals surface area contributed by atoms with Crippen molar-refractivity contribution in [1.82, 2.24) is 0 Å². The Morgan fingerprint density at radius 2 is 2.05 bits per heavy atom. The molecule has 2 heterocycles. The molecule has 0 saturated carbocycles. The van der Waals surface area contributed by atoms with Gasteiger partial charge in [-0.2, -0.15) is 0 Å². The maximum atomic E-state index is 12.2. The zero-order valence-corrected chi connectivity index (χ0v) is 12.2. The van der Waals surface area contributed by atoms with Crippen molar-refractivity contribution in [3.63, 3.8) is 0 Å². The van der Waals surface area contributed by atoms with Crippen LogP contribution in [0.1, 0.15) is 17.2 Å². The van der Waals surface area contributed by atoms with Gasteiger partial charge in [0.25, 0.3) is 0 Å². The molecule has 4 nitrogen and oxygen atoms in total. The van der Waals surface area contributed by atoms with E-state index in [0.29, 0.717) is 0 Å². The zero-order valence-electron chi connectivity index (χ0n) is 12.2. The van der Waals surface area contributed by atoms with E-state index < -0.39 is 0 Å². The molecule has 2 atom stereocenters. The van der Waals surface area contributed by atoms with E-state index in [-0.39, 0.29) is 24.5 Å². The number of para-hydroxylation sites is 2. The Morgan fingerprint density at radius 1 is 1.18 bits per heavy atom. The van der Waals surface area contributed by atoms with Gasteiger partial charge >= 0.3 is 5.97 Å². The molecule has 2 aromatic rings. The molecule has 2 aromatic carbocycles. The number of ether oxygens (including phenoxy) is 1. The molecule has 4 heteroatoms. The number of hydrogen-bond acceptors (Lipinski definition) is 4.